The lowest BCUT2D eigenvalue weighted by molar-refractivity contribution is -0.134. The minimum Gasteiger partial charge on any atom is -0.391 e. The quantitative estimate of drug-likeness (QED) is 0.515. The fraction of sp³-hybridized carbons (Fsp3) is 0.414. The van der Waals surface area contributed by atoms with Gasteiger partial charge in [0.25, 0.3) is 5.91 Å². The molecular formula is C29H33N5O4. The Balaban J connectivity index is 1.39. The maximum absolute atomic E-state index is 13.8. The number of pyridine rings is 1. The van der Waals surface area contributed by atoms with Gasteiger partial charge < -0.3 is 19.8 Å². The second-order valence-electron chi connectivity index (χ2n) is 10.8. The molecule has 5 rings (SSSR count). The topological polar surface area (TPSA) is 121 Å². The number of amides is 2. The Bertz CT molecular complexity index is 1400. The SMILES string of the molecule is Cc1cc(C(C(=O)N2C[C@H](O)C[C@H]2C2=NC(=O)[C@](C)(c3ccc(-c4cccnc4C)cc3)N2)C(C)C)on1. The molecule has 0 radical (unpaired) electrons. The fourth-order valence-electron chi connectivity index (χ4n) is 5.45. The Morgan fingerprint density at radius 2 is 1.95 bits per heavy atom. The molecule has 0 saturated carbocycles. The lowest BCUT2D eigenvalue weighted by Crippen LogP contribution is -2.51. The van der Waals surface area contributed by atoms with E-state index < -0.39 is 23.6 Å². The summed E-state index contributed by atoms with van der Waals surface area (Å²) in [6.45, 7) is 9.62. The predicted octanol–water partition coefficient (Wildman–Crippen LogP) is 3.50. The molecule has 0 spiro atoms. The molecule has 198 valence electrons. The Morgan fingerprint density at radius 1 is 1.21 bits per heavy atom. The Morgan fingerprint density at radius 3 is 2.58 bits per heavy atom. The highest BCUT2D eigenvalue weighted by Gasteiger charge is 2.48. The van der Waals surface area contributed by atoms with Crippen LogP contribution in [0.25, 0.3) is 11.1 Å². The molecule has 0 aliphatic carbocycles. The normalized spacial score (nSPS) is 24.0. The molecule has 4 atom stereocenters. The Kier molecular flexibility index (Phi) is 6.65. The van der Waals surface area contributed by atoms with Crippen LogP contribution in [0.2, 0.25) is 0 Å². The first-order valence-corrected chi connectivity index (χ1v) is 12.9. The van der Waals surface area contributed by atoms with Crippen LogP contribution in [0, 0.1) is 19.8 Å². The molecule has 2 aromatic heterocycles. The van der Waals surface area contributed by atoms with E-state index in [-0.39, 0.29) is 24.3 Å². The molecule has 2 N–H and O–H groups in total. The summed E-state index contributed by atoms with van der Waals surface area (Å²) in [6, 6.07) is 12.9. The summed E-state index contributed by atoms with van der Waals surface area (Å²) >= 11 is 0. The van der Waals surface area contributed by atoms with Gasteiger partial charge in [-0.2, -0.15) is 4.99 Å². The van der Waals surface area contributed by atoms with Crippen molar-refractivity contribution in [3.8, 4) is 11.1 Å². The summed E-state index contributed by atoms with van der Waals surface area (Å²) < 4.78 is 5.45. The van der Waals surface area contributed by atoms with Crippen molar-refractivity contribution < 1.29 is 19.2 Å². The molecule has 38 heavy (non-hydrogen) atoms. The zero-order valence-corrected chi connectivity index (χ0v) is 22.3. The zero-order chi connectivity index (χ0) is 27.2. The third-order valence-corrected chi connectivity index (χ3v) is 7.57. The van der Waals surface area contributed by atoms with E-state index in [4.69, 9.17) is 4.52 Å². The number of aliphatic imine (C=N–C) groups is 1. The van der Waals surface area contributed by atoms with Crippen LogP contribution in [0.5, 0.6) is 0 Å². The lowest BCUT2D eigenvalue weighted by Gasteiger charge is -2.31. The molecule has 0 bridgehead atoms. The first kappa shape index (κ1) is 25.8. The number of aryl methyl sites for hydroxylation is 2. The van der Waals surface area contributed by atoms with Crippen molar-refractivity contribution in [3.63, 3.8) is 0 Å². The van der Waals surface area contributed by atoms with Gasteiger partial charge in [-0.3, -0.25) is 14.6 Å². The highest BCUT2D eigenvalue weighted by Crippen LogP contribution is 2.34. The average molecular weight is 516 g/mol. The van der Waals surface area contributed by atoms with Crippen molar-refractivity contribution >= 4 is 17.6 Å². The van der Waals surface area contributed by atoms with Gasteiger partial charge in [-0.25, -0.2) is 0 Å². The van der Waals surface area contributed by atoms with Crippen LogP contribution in [0.4, 0.5) is 0 Å². The Labute approximate surface area is 222 Å². The monoisotopic (exact) mass is 515 g/mol. The number of benzene rings is 1. The van der Waals surface area contributed by atoms with Crippen LogP contribution in [-0.2, 0) is 15.1 Å². The molecule has 3 aromatic rings. The van der Waals surface area contributed by atoms with Crippen LogP contribution >= 0.6 is 0 Å². The van der Waals surface area contributed by atoms with Crippen LogP contribution in [0.3, 0.4) is 0 Å². The van der Waals surface area contributed by atoms with Gasteiger partial charge >= 0.3 is 0 Å². The van der Waals surface area contributed by atoms with E-state index in [1.54, 1.807) is 24.1 Å². The summed E-state index contributed by atoms with van der Waals surface area (Å²) in [5.74, 6) is -0.242. The molecule has 2 aliphatic heterocycles. The van der Waals surface area contributed by atoms with Crippen LogP contribution < -0.4 is 5.32 Å². The summed E-state index contributed by atoms with van der Waals surface area (Å²) in [5, 5.41) is 17.8. The second-order valence-corrected chi connectivity index (χ2v) is 10.8. The number of hydrogen-bond donors (Lipinski definition) is 2. The number of nitrogens with one attached hydrogen (secondary N) is 1. The van der Waals surface area contributed by atoms with Gasteiger partial charge in [0.1, 0.15) is 23.1 Å². The van der Waals surface area contributed by atoms with E-state index >= 15 is 0 Å². The van der Waals surface area contributed by atoms with Gasteiger partial charge in [-0.05, 0) is 43.9 Å². The average Bonchev–Trinajstić information content (AvgIpc) is 3.57. The molecule has 1 unspecified atom stereocenters. The molecule has 1 aromatic carbocycles. The van der Waals surface area contributed by atoms with Crippen molar-refractivity contribution in [2.45, 2.75) is 64.6 Å². The first-order chi connectivity index (χ1) is 18.1. The van der Waals surface area contributed by atoms with Gasteiger partial charge in [0.2, 0.25) is 5.91 Å². The maximum atomic E-state index is 13.8. The van der Waals surface area contributed by atoms with Crippen molar-refractivity contribution in [1.29, 1.82) is 0 Å². The third-order valence-electron chi connectivity index (χ3n) is 7.57. The minimum absolute atomic E-state index is 0.0550. The summed E-state index contributed by atoms with van der Waals surface area (Å²) in [4.78, 5) is 37.4. The number of carbonyl (C=O) groups excluding carboxylic acids is 2. The molecular weight excluding hydrogens is 482 g/mol. The number of amidine groups is 1. The van der Waals surface area contributed by atoms with E-state index in [1.165, 1.54) is 0 Å². The van der Waals surface area contributed by atoms with Crippen LogP contribution in [0.15, 0.2) is 58.2 Å². The molecule has 1 fully saturated rings. The highest BCUT2D eigenvalue weighted by atomic mass is 16.5. The van der Waals surface area contributed by atoms with E-state index in [1.807, 2.05) is 64.1 Å². The third kappa shape index (κ3) is 4.51. The molecule has 2 aliphatic rings. The van der Waals surface area contributed by atoms with Crippen molar-refractivity contribution in [3.05, 3.63) is 71.4 Å². The number of aromatic nitrogens is 2. The van der Waals surface area contributed by atoms with Crippen molar-refractivity contribution in [2.24, 2.45) is 10.9 Å². The molecule has 9 heteroatoms. The standard InChI is InChI=1S/C29H33N5O4/c1-16(2)25(24-13-17(3)33-38-24)27(36)34-15-21(35)14-23(34)26-31-28(37)29(5,32-26)20-10-8-19(9-11-20)22-7-6-12-30-18(22)4/h6-13,16,21,23,25,35H,14-15H2,1-5H3,(H,31,32,37)/t21-,23+,25?,29+/m1/s1. The van der Waals surface area contributed by atoms with Gasteiger partial charge in [-0.15, -0.1) is 0 Å². The van der Waals surface area contributed by atoms with E-state index in [2.05, 4.69) is 20.4 Å². The number of rotatable bonds is 6. The minimum atomic E-state index is -1.08. The largest absolute Gasteiger partial charge is 0.391 e. The van der Waals surface area contributed by atoms with Gasteiger partial charge in [0.15, 0.2) is 0 Å². The Hall–Kier alpha value is -3.85. The molecule has 4 heterocycles. The first-order valence-electron chi connectivity index (χ1n) is 12.9. The lowest BCUT2D eigenvalue weighted by atomic mass is 9.90. The number of aliphatic hydroxyl groups excluding tert-OH is 1. The van der Waals surface area contributed by atoms with Crippen molar-refractivity contribution in [1.82, 2.24) is 20.4 Å². The van der Waals surface area contributed by atoms with Gasteiger partial charge in [0, 0.05) is 36.5 Å². The predicted molar refractivity (Wildman–Crippen MR) is 142 cm³/mol. The second kappa shape index (κ2) is 9.79. The summed E-state index contributed by atoms with van der Waals surface area (Å²) in [5.41, 5.74) is 3.34. The van der Waals surface area contributed by atoms with Crippen LogP contribution in [-0.4, -0.2) is 56.5 Å². The van der Waals surface area contributed by atoms with Crippen LogP contribution in [0.1, 0.15) is 55.8 Å². The zero-order valence-electron chi connectivity index (χ0n) is 22.3. The van der Waals surface area contributed by atoms with Gasteiger partial charge in [-0.1, -0.05) is 49.3 Å². The van der Waals surface area contributed by atoms with Gasteiger partial charge in [0.05, 0.1) is 17.8 Å². The number of β-amino-alcohol motifs (C(OH)–C–C–N with tert-alkyl or cyclic N) is 1. The van der Waals surface area contributed by atoms with E-state index in [0.29, 0.717) is 23.7 Å². The number of likely N-dealkylation sites (tertiary alicyclic amines) is 1. The maximum Gasteiger partial charge on any atom is 0.277 e. The summed E-state index contributed by atoms with van der Waals surface area (Å²) in [7, 11) is 0. The molecule has 9 nitrogen and oxygen atoms in total. The molecule has 1 saturated heterocycles. The van der Waals surface area contributed by atoms with Crippen molar-refractivity contribution in [2.75, 3.05) is 6.54 Å². The van der Waals surface area contributed by atoms with E-state index in [0.717, 1.165) is 22.4 Å². The number of hydrogen-bond acceptors (Lipinski definition) is 7. The fourth-order valence-corrected chi connectivity index (χ4v) is 5.45. The number of aliphatic hydroxyl groups is 1. The number of nitrogens with zero attached hydrogens (tertiary/aromatic N) is 4. The summed E-state index contributed by atoms with van der Waals surface area (Å²) in [6.07, 6.45) is 1.33. The molecule has 2 amide bonds. The highest BCUT2D eigenvalue weighted by molar-refractivity contribution is 6.09. The number of carbonyl (C=O) groups is 2. The smallest absolute Gasteiger partial charge is 0.277 e. The van der Waals surface area contributed by atoms with E-state index in [9.17, 15) is 14.7 Å².